The van der Waals surface area contributed by atoms with Gasteiger partial charge in [-0.15, -0.1) is 11.3 Å². The molecule has 9 heteroatoms. The van der Waals surface area contributed by atoms with Crippen molar-refractivity contribution in [2.45, 2.75) is 31.2 Å². The molecule has 0 aliphatic carbocycles. The summed E-state index contributed by atoms with van der Waals surface area (Å²) in [6.07, 6.45) is 0. The Balaban J connectivity index is 1.75. The van der Waals surface area contributed by atoms with E-state index in [1.807, 2.05) is 39.3 Å². The lowest BCUT2D eigenvalue weighted by Gasteiger charge is -2.11. The van der Waals surface area contributed by atoms with Crippen LogP contribution in [0.1, 0.15) is 18.3 Å². The molecule has 3 aromatic rings. The number of thiophene rings is 1. The standard InChI is InChI=1S/C15H18N6OS2/c1-7-11(8(2)21(4)20-7)17-13(22)9(3)24-15-18-12(16)10-5-6-23-14(10)19-15/h5-6,9H,1-4H3,(H,17,22)(H2,16,18,19)/t9-/m0/s1. The Bertz CT molecular complexity index is 916. The second kappa shape index (κ2) is 6.40. The zero-order valence-electron chi connectivity index (χ0n) is 13.8. The molecule has 7 nitrogen and oxygen atoms in total. The highest BCUT2D eigenvalue weighted by Gasteiger charge is 2.20. The predicted octanol–water partition coefficient (Wildman–Crippen LogP) is 2.74. The van der Waals surface area contributed by atoms with Gasteiger partial charge in [0.25, 0.3) is 0 Å². The van der Waals surface area contributed by atoms with E-state index in [-0.39, 0.29) is 11.2 Å². The third-order valence-corrected chi connectivity index (χ3v) is 5.51. The van der Waals surface area contributed by atoms with E-state index in [0.717, 1.165) is 27.3 Å². The number of thioether (sulfide) groups is 1. The van der Waals surface area contributed by atoms with Gasteiger partial charge in [-0.05, 0) is 32.2 Å². The number of nitrogens with zero attached hydrogens (tertiary/aromatic N) is 4. The lowest BCUT2D eigenvalue weighted by atomic mass is 10.3. The summed E-state index contributed by atoms with van der Waals surface area (Å²) in [6.45, 7) is 5.61. The summed E-state index contributed by atoms with van der Waals surface area (Å²) in [5, 5.41) is 10.2. The molecule has 0 aromatic carbocycles. The number of hydrogen-bond donors (Lipinski definition) is 2. The molecule has 3 rings (SSSR count). The number of fused-ring (bicyclic) bond motifs is 1. The molecule has 0 unspecified atom stereocenters. The van der Waals surface area contributed by atoms with Crippen molar-refractivity contribution in [2.24, 2.45) is 7.05 Å². The van der Waals surface area contributed by atoms with Gasteiger partial charge < -0.3 is 11.1 Å². The molecule has 3 aromatic heterocycles. The molecule has 1 atom stereocenters. The molecule has 0 aliphatic heterocycles. The summed E-state index contributed by atoms with van der Waals surface area (Å²) in [7, 11) is 1.85. The fourth-order valence-corrected chi connectivity index (χ4v) is 3.91. The van der Waals surface area contributed by atoms with Crippen LogP contribution in [-0.4, -0.2) is 30.9 Å². The highest BCUT2D eigenvalue weighted by molar-refractivity contribution is 8.00. The van der Waals surface area contributed by atoms with Gasteiger partial charge >= 0.3 is 0 Å². The van der Waals surface area contributed by atoms with E-state index >= 15 is 0 Å². The van der Waals surface area contributed by atoms with Crippen LogP contribution in [0.3, 0.4) is 0 Å². The van der Waals surface area contributed by atoms with Crippen molar-refractivity contribution in [3.63, 3.8) is 0 Å². The van der Waals surface area contributed by atoms with Gasteiger partial charge in [0.15, 0.2) is 5.16 Å². The third-order valence-electron chi connectivity index (χ3n) is 3.74. The quantitative estimate of drug-likeness (QED) is 0.547. The van der Waals surface area contributed by atoms with Crippen LogP contribution in [0, 0.1) is 13.8 Å². The number of carbonyl (C=O) groups is 1. The van der Waals surface area contributed by atoms with Gasteiger partial charge in [0.05, 0.1) is 27.7 Å². The van der Waals surface area contributed by atoms with Crippen LogP contribution in [-0.2, 0) is 11.8 Å². The first-order valence-corrected chi connectivity index (χ1v) is 9.11. The van der Waals surface area contributed by atoms with Crippen LogP contribution >= 0.6 is 23.1 Å². The lowest BCUT2D eigenvalue weighted by molar-refractivity contribution is -0.115. The van der Waals surface area contributed by atoms with Gasteiger partial charge in [0.2, 0.25) is 5.91 Å². The summed E-state index contributed by atoms with van der Waals surface area (Å²) < 4.78 is 1.75. The zero-order valence-corrected chi connectivity index (χ0v) is 15.5. The number of aryl methyl sites for hydroxylation is 2. The lowest BCUT2D eigenvalue weighted by Crippen LogP contribution is -2.23. The van der Waals surface area contributed by atoms with Crippen molar-refractivity contribution < 1.29 is 4.79 Å². The van der Waals surface area contributed by atoms with Gasteiger partial charge in [-0.1, -0.05) is 11.8 Å². The van der Waals surface area contributed by atoms with Crippen LogP contribution in [0.2, 0.25) is 0 Å². The molecule has 0 radical (unpaired) electrons. The van der Waals surface area contributed by atoms with Crippen LogP contribution in [0.25, 0.3) is 10.2 Å². The van der Waals surface area contributed by atoms with Gasteiger partial charge in [0.1, 0.15) is 10.6 Å². The van der Waals surface area contributed by atoms with E-state index in [0.29, 0.717) is 11.0 Å². The molecule has 3 heterocycles. The maximum absolute atomic E-state index is 12.5. The molecular formula is C15H18N6OS2. The zero-order chi connectivity index (χ0) is 17.4. The summed E-state index contributed by atoms with van der Waals surface area (Å²) in [5.41, 5.74) is 8.41. The Morgan fingerprint density at radius 3 is 2.83 bits per heavy atom. The Morgan fingerprint density at radius 2 is 2.17 bits per heavy atom. The van der Waals surface area contributed by atoms with E-state index in [9.17, 15) is 4.79 Å². The van der Waals surface area contributed by atoms with E-state index < -0.39 is 0 Å². The highest BCUT2D eigenvalue weighted by Crippen LogP contribution is 2.29. The number of nitrogens with one attached hydrogen (secondary N) is 1. The second-order valence-corrected chi connectivity index (χ2v) is 7.65. The first-order valence-electron chi connectivity index (χ1n) is 7.35. The smallest absolute Gasteiger partial charge is 0.237 e. The van der Waals surface area contributed by atoms with Crippen LogP contribution in [0.15, 0.2) is 16.6 Å². The van der Waals surface area contributed by atoms with Gasteiger partial charge in [-0.25, -0.2) is 9.97 Å². The first kappa shape index (κ1) is 16.7. The molecule has 126 valence electrons. The number of carbonyl (C=O) groups excluding carboxylic acids is 1. The van der Waals surface area contributed by atoms with E-state index in [1.54, 1.807) is 4.68 Å². The maximum atomic E-state index is 12.5. The number of rotatable bonds is 4. The minimum atomic E-state index is -0.360. The minimum Gasteiger partial charge on any atom is -0.383 e. The normalized spacial score (nSPS) is 12.5. The molecule has 0 saturated heterocycles. The minimum absolute atomic E-state index is 0.118. The molecule has 3 N–H and O–H groups in total. The number of hydrogen-bond acceptors (Lipinski definition) is 7. The summed E-state index contributed by atoms with van der Waals surface area (Å²) >= 11 is 2.79. The molecule has 0 bridgehead atoms. The maximum Gasteiger partial charge on any atom is 0.237 e. The molecule has 0 saturated carbocycles. The Morgan fingerprint density at radius 1 is 1.42 bits per heavy atom. The monoisotopic (exact) mass is 362 g/mol. The fourth-order valence-electron chi connectivity index (χ4n) is 2.30. The number of nitrogens with two attached hydrogens (primary N) is 1. The molecule has 0 fully saturated rings. The molecule has 24 heavy (non-hydrogen) atoms. The average molecular weight is 362 g/mol. The van der Waals surface area contributed by atoms with Crippen LogP contribution in [0.4, 0.5) is 11.5 Å². The molecule has 1 amide bonds. The van der Waals surface area contributed by atoms with Crippen molar-refractivity contribution >= 4 is 50.7 Å². The van der Waals surface area contributed by atoms with Crippen LogP contribution < -0.4 is 11.1 Å². The number of amides is 1. The second-order valence-electron chi connectivity index (χ2n) is 5.45. The van der Waals surface area contributed by atoms with Crippen molar-refractivity contribution in [3.05, 3.63) is 22.8 Å². The molecule has 0 aliphatic rings. The van der Waals surface area contributed by atoms with Crippen molar-refractivity contribution in [3.8, 4) is 0 Å². The Kier molecular flexibility index (Phi) is 4.46. The summed E-state index contributed by atoms with van der Waals surface area (Å²) in [6, 6.07) is 1.90. The highest BCUT2D eigenvalue weighted by atomic mass is 32.2. The van der Waals surface area contributed by atoms with Crippen molar-refractivity contribution in [1.82, 2.24) is 19.7 Å². The number of nitrogen functional groups attached to an aromatic ring is 1. The van der Waals surface area contributed by atoms with Crippen molar-refractivity contribution in [1.29, 1.82) is 0 Å². The van der Waals surface area contributed by atoms with E-state index in [2.05, 4.69) is 20.4 Å². The van der Waals surface area contributed by atoms with Gasteiger partial charge in [0, 0.05) is 7.05 Å². The Hall–Kier alpha value is -2.13. The van der Waals surface area contributed by atoms with Crippen molar-refractivity contribution in [2.75, 3.05) is 11.1 Å². The fraction of sp³-hybridized carbons (Fsp3) is 0.333. The third kappa shape index (κ3) is 3.09. The number of anilines is 2. The molecule has 0 spiro atoms. The number of aromatic nitrogens is 4. The first-order chi connectivity index (χ1) is 11.4. The topological polar surface area (TPSA) is 98.7 Å². The van der Waals surface area contributed by atoms with E-state index in [4.69, 9.17) is 5.73 Å². The summed E-state index contributed by atoms with van der Waals surface area (Å²) in [4.78, 5) is 22.0. The average Bonchev–Trinajstić information content (AvgIpc) is 3.08. The largest absolute Gasteiger partial charge is 0.383 e. The summed E-state index contributed by atoms with van der Waals surface area (Å²) in [5.74, 6) is 0.322. The molecular weight excluding hydrogens is 344 g/mol. The van der Waals surface area contributed by atoms with Gasteiger partial charge in [-0.3, -0.25) is 9.48 Å². The SMILES string of the molecule is Cc1nn(C)c(C)c1NC(=O)[C@H](C)Sc1nc(N)c2ccsc2n1. The van der Waals surface area contributed by atoms with Gasteiger partial charge in [-0.2, -0.15) is 5.10 Å². The van der Waals surface area contributed by atoms with E-state index in [1.165, 1.54) is 23.1 Å². The predicted molar refractivity (Wildman–Crippen MR) is 98.5 cm³/mol. The Labute approximate surface area is 147 Å². The van der Waals surface area contributed by atoms with Crippen LogP contribution in [0.5, 0.6) is 0 Å².